The minimum absolute atomic E-state index is 0.0284. The Morgan fingerprint density at radius 3 is 2.61 bits per heavy atom. The van der Waals surface area contributed by atoms with Gasteiger partial charge in [-0.3, -0.25) is 10.1 Å². The molecule has 3 aromatic rings. The standard InChI is InChI=1S/C23H23N5O4S/c1-4-32-21(29)19-15(3)24-22-25-23(33-13-17-8-6-5-7-14(17)2)26-27(22)20(19)16-9-11-18(12-10-16)28(30)31/h5-12,20H,4,13H2,1-3H3,(H,24,25,26). The minimum Gasteiger partial charge on any atom is -0.463 e. The maximum absolute atomic E-state index is 12.8. The number of aromatic nitrogens is 3. The van der Waals surface area contributed by atoms with Crippen molar-refractivity contribution in [1.82, 2.24) is 14.8 Å². The first kappa shape index (κ1) is 22.5. The first-order valence-electron chi connectivity index (χ1n) is 10.4. The Balaban J connectivity index is 1.71. The molecule has 9 nitrogen and oxygen atoms in total. The number of thioether (sulfide) groups is 1. The Hall–Kier alpha value is -3.66. The fourth-order valence-electron chi connectivity index (χ4n) is 3.67. The molecule has 1 aliphatic rings. The lowest BCUT2D eigenvalue weighted by molar-refractivity contribution is -0.384. The van der Waals surface area contributed by atoms with Crippen LogP contribution in [0.4, 0.5) is 11.6 Å². The average Bonchev–Trinajstić information content (AvgIpc) is 3.20. The van der Waals surface area contributed by atoms with Crippen LogP contribution in [0.25, 0.3) is 0 Å². The van der Waals surface area contributed by atoms with Crippen molar-refractivity contribution in [1.29, 1.82) is 0 Å². The predicted molar refractivity (Wildman–Crippen MR) is 125 cm³/mol. The second kappa shape index (κ2) is 9.45. The number of nitro benzene ring substituents is 1. The number of benzene rings is 2. The van der Waals surface area contributed by atoms with Crippen LogP contribution in [-0.2, 0) is 15.3 Å². The van der Waals surface area contributed by atoms with Crippen LogP contribution in [0.15, 0.2) is 65.0 Å². The maximum atomic E-state index is 12.8. The fourth-order valence-corrected chi connectivity index (χ4v) is 4.57. The molecule has 1 aliphatic heterocycles. The first-order valence-corrected chi connectivity index (χ1v) is 11.4. The van der Waals surface area contributed by atoms with E-state index in [1.165, 1.54) is 35.0 Å². The number of nitrogens with zero attached hydrogens (tertiary/aromatic N) is 4. The number of nitro groups is 1. The number of nitrogens with one attached hydrogen (secondary N) is 1. The molecule has 2 aromatic carbocycles. The molecule has 0 fully saturated rings. The van der Waals surface area contributed by atoms with E-state index < -0.39 is 16.9 Å². The van der Waals surface area contributed by atoms with Gasteiger partial charge in [0.25, 0.3) is 5.69 Å². The number of carbonyl (C=O) groups excluding carboxylic acids is 1. The van der Waals surface area contributed by atoms with Crippen molar-refractivity contribution in [3.05, 3.63) is 86.6 Å². The van der Waals surface area contributed by atoms with Crippen LogP contribution in [-0.4, -0.2) is 32.3 Å². The molecule has 1 aromatic heterocycles. The third kappa shape index (κ3) is 4.61. The minimum atomic E-state index is -0.624. The van der Waals surface area contributed by atoms with Gasteiger partial charge in [0.15, 0.2) is 0 Å². The monoisotopic (exact) mass is 465 g/mol. The number of anilines is 1. The summed E-state index contributed by atoms with van der Waals surface area (Å²) in [5, 5.41) is 19.5. The Morgan fingerprint density at radius 1 is 1.21 bits per heavy atom. The Morgan fingerprint density at radius 2 is 1.94 bits per heavy atom. The molecule has 0 spiro atoms. The molecule has 2 heterocycles. The smallest absolute Gasteiger partial charge is 0.338 e. The lowest BCUT2D eigenvalue weighted by Gasteiger charge is -2.28. The largest absolute Gasteiger partial charge is 0.463 e. The third-order valence-electron chi connectivity index (χ3n) is 5.37. The highest BCUT2D eigenvalue weighted by molar-refractivity contribution is 7.98. The lowest BCUT2D eigenvalue weighted by Crippen LogP contribution is -2.29. The topological polar surface area (TPSA) is 112 Å². The summed E-state index contributed by atoms with van der Waals surface area (Å²) in [6, 6.07) is 13.6. The van der Waals surface area contributed by atoms with Crippen molar-refractivity contribution in [3.8, 4) is 0 Å². The number of non-ortho nitro benzene ring substituents is 1. The number of ether oxygens (including phenoxy) is 1. The Kier molecular flexibility index (Phi) is 6.45. The van der Waals surface area contributed by atoms with E-state index in [-0.39, 0.29) is 12.3 Å². The van der Waals surface area contributed by atoms with Crippen molar-refractivity contribution in [2.75, 3.05) is 11.9 Å². The van der Waals surface area contributed by atoms with E-state index in [1.54, 1.807) is 30.7 Å². The summed E-state index contributed by atoms with van der Waals surface area (Å²) in [4.78, 5) is 28.1. The van der Waals surface area contributed by atoms with Gasteiger partial charge in [-0.2, -0.15) is 4.98 Å². The summed E-state index contributed by atoms with van der Waals surface area (Å²) in [7, 11) is 0. The summed E-state index contributed by atoms with van der Waals surface area (Å²) in [6.45, 7) is 5.81. The number of rotatable bonds is 7. The maximum Gasteiger partial charge on any atom is 0.338 e. The Labute approximate surface area is 195 Å². The van der Waals surface area contributed by atoms with Crippen LogP contribution in [0.1, 0.15) is 36.6 Å². The molecular weight excluding hydrogens is 442 g/mol. The zero-order valence-electron chi connectivity index (χ0n) is 18.4. The van der Waals surface area contributed by atoms with E-state index in [4.69, 9.17) is 4.74 Å². The zero-order valence-corrected chi connectivity index (χ0v) is 19.3. The normalized spacial score (nSPS) is 15.1. The SMILES string of the molecule is CCOC(=O)C1=C(C)Nc2nc(SCc3ccccc3C)nn2C1c1ccc([N+](=O)[O-])cc1. The van der Waals surface area contributed by atoms with Gasteiger partial charge in [0.2, 0.25) is 11.1 Å². The molecule has 0 saturated heterocycles. The summed E-state index contributed by atoms with van der Waals surface area (Å²) in [6.07, 6.45) is 0. The van der Waals surface area contributed by atoms with Gasteiger partial charge in [0.05, 0.1) is 17.1 Å². The van der Waals surface area contributed by atoms with E-state index in [1.807, 2.05) is 12.1 Å². The van der Waals surface area contributed by atoms with Crippen molar-refractivity contribution < 1.29 is 14.5 Å². The number of hydrogen-bond acceptors (Lipinski definition) is 8. The molecular formula is C23H23N5O4S. The molecule has 10 heteroatoms. The number of fused-ring (bicyclic) bond motifs is 1. The van der Waals surface area contributed by atoms with Gasteiger partial charge in [-0.05, 0) is 49.6 Å². The van der Waals surface area contributed by atoms with Crippen LogP contribution in [0.2, 0.25) is 0 Å². The fraction of sp³-hybridized carbons (Fsp3) is 0.261. The van der Waals surface area contributed by atoms with E-state index in [9.17, 15) is 14.9 Å². The number of aryl methyl sites for hydroxylation is 1. The second-order valence-corrected chi connectivity index (χ2v) is 8.46. The number of hydrogen-bond donors (Lipinski definition) is 1. The van der Waals surface area contributed by atoms with Gasteiger partial charge in [-0.15, -0.1) is 5.10 Å². The third-order valence-corrected chi connectivity index (χ3v) is 6.25. The summed E-state index contributed by atoms with van der Waals surface area (Å²) in [5.41, 5.74) is 4.02. The van der Waals surface area contributed by atoms with E-state index in [2.05, 4.69) is 34.5 Å². The van der Waals surface area contributed by atoms with Crippen molar-refractivity contribution in [2.24, 2.45) is 0 Å². The van der Waals surface area contributed by atoms with Crippen LogP contribution in [0.5, 0.6) is 0 Å². The van der Waals surface area contributed by atoms with Gasteiger partial charge >= 0.3 is 5.97 Å². The highest BCUT2D eigenvalue weighted by Gasteiger charge is 2.35. The molecule has 0 amide bonds. The molecule has 0 saturated carbocycles. The number of allylic oxidation sites excluding steroid dienone is 1. The van der Waals surface area contributed by atoms with E-state index in [0.717, 1.165) is 0 Å². The van der Waals surface area contributed by atoms with Crippen molar-refractivity contribution >= 4 is 29.4 Å². The quantitative estimate of drug-likeness (QED) is 0.232. The van der Waals surface area contributed by atoms with E-state index in [0.29, 0.717) is 33.7 Å². The van der Waals surface area contributed by atoms with Gasteiger partial charge in [0.1, 0.15) is 6.04 Å². The molecule has 1 unspecified atom stereocenters. The van der Waals surface area contributed by atoms with Crippen molar-refractivity contribution in [2.45, 2.75) is 37.7 Å². The molecule has 0 aliphatic carbocycles. The second-order valence-electron chi connectivity index (χ2n) is 7.51. The van der Waals surface area contributed by atoms with Gasteiger partial charge < -0.3 is 10.1 Å². The van der Waals surface area contributed by atoms with Crippen LogP contribution < -0.4 is 5.32 Å². The van der Waals surface area contributed by atoms with Crippen LogP contribution >= 0.6 is 11.8 Å². The highest BCUT2D eigenvalue weighted by atomic mass is 32.2. The summed E-state index contributed by atoms with van der Waals surface area (Å²) >= 11 is 1.50. The lowest BCUT2D eigenvalue weighted by atomic mass is 9.95. The average molecular weight is 466 g/mol. The van der Waals surface area contributed by atoms with Gasteiger partial charge in [0, 0.05) is 23.6 Å². The first-order chi connectivity index (χ1) is 15.9. The van der Waals surface area contributed by atoms with E-state index >= 15 is 0 Å². The summed E-state index contributed by atoms with van der Waals surface area (Å²) in [5.74, 6) is 0.729. The van der Waals surface area contributed by atoms with Gasteiger partial charge in [-0.1, -0.05) is 36.0 Å². The number of carbonyl (C=O) groups is 1. The molecule has 33 heavy (non-hydrogen) atoms. The van der Waals surface area contributed by atoms with Crippen LogP contribution in [0.3, 0.4) is 0 Å². The van der Waals surface area contributed by atoms with Gasteiger partial charge in [-0.25, -0.2) is 9.48 Å². The predicted octanol–water partition coefficient (Wildman–Crippen LogP) is 4.64. The van der Waals surface area contributed by atoms with Crippen molar-refractivity contribution in [3.63, 3.8) is 0 Å². The molecule has 170 valence electrons. The highest BCUT2D eigenvalue weighted by Crippen LogP contribution is 2.37. The molecule has 0 bridgehead atoms. The van der Waals surface area contributed by atoms with Crippen LogP contribution in [0, 0.1) is 17.0 Å². The summed E-state index contributed by atoms with van der Waals surface area (Å²) < 4.78 is 6.93. The Bertz CT molecular complexity index is 1240. The molecule has 4 rings (SSSR count). The molecule has 1 atom stereocenters. The number of esters is 1. The molecule has 0 radical (unpaired) electrons. The zero-order chi connectivity index (χ0) is 23.5. The molecule has 1 N–H and O–H groups in total.